The van der Waals surface area contributed by atoms with E-state index < -0.39 is 0 Å². The van der Waals surface area contributed by atoms with Gasteiger partial charge in [0, 0.05) is 0 Å². The summed E-state index contributed by atoms with van der Waals surface area (Å²) in [6.45, 7) is 5.12. The molecule has 4 rings (SSSR count). The normalized spacial score (nSPS) is 19.6. The van der Waals surface area contributed by atoms with E-state index in [1.807, 2.05) is 12.2 Å². The van der Waals surface area contributed by atoms with E-state index in [1.165, 1.54) is 93.1 Å². The summed E-state index contributed by atoms with van der Waals surface area (Å²) >= 11 is 1.36. The van der Waals surface area contributed by atoms with Gasteiger partial charge in [0.05, 0.1) is 0 Å². The topological polar surface area (TPSA) is 0 Å². The molecule has 0 aliphatic heterocycles. The van der Waals surface area contributed by atoms with Crippen LogP contribution in [-0.4, -0.2) is 6.88 Å². The second-order valence-electron chi connectivity index (χ2n) is 6.32. The third kappa shape index (κ3) is 20.2. The molecule has 0 atom stereocenters. The van der Waals surface area contributed by atoms with Crippen LogP contribution < -0.4 is 0 Å². The molecule has 0 bridgehead atoms. The standard InChI is InChI=1S/C6H7.2C6H11.C5H5.Si.Zr/c1-6-4-2-3-5-6;2*1-2-4-6-5-3-1;1-2-4-5-3-1;;/h2,4H,3H2,1H3;2*1H,2-6H2;1-3H,4H2;;/q4*-1;;. The summed E-state index contributed by atoms with van der Waals surface area (Å²) in [6, 6.07) is 0. The van der Waals surface area contributed by atoms with E-state index in [0.29, 0.717) is 0 Å². The summed E-state index contributed by atoms with van der Waals surface area (Å²) in [6.07, 6.45) is 37.3. The van der Waals surface area contributed by atoms with E-state index in [2.05, 4.69) is 57.0 Å². The van der Waals surface area contributed by atoms with Gasteiger partial charge < -0.3 is 12.8 Å². The minimum atomic E-state index is 1.01. The molecule has 0 aromatic rings. The molecule has 0 unspecified atom stereocenters. The van der Waals surface area contributed by atoms with Crippen LogP contribution in [0.5, 0.6) is 0 Å². The molecule has 0 aromatic carbocycles. The van der Waals surface area contributed by atoms with E-state index >= 15 is 0 Å². The van der Waals surface area contributed by atoms with Gasteiger partial charge in [-0.2, -0.15) is 37.8 Å². The van der Waals surface area contributed by atoms with Gasteiger partial charge in [0.2, 0.25) is 0 Å². The van der Waals surface area contributed by atoms with Crippen LogP contribution in [0.3, 0.4) is 0 Å². The van der Waals surface area contributed by atoms with Gasteiger partial charge in [0.1, 0.15) is 0 Å². The first-order valence-corrected chi connectivity index (χ1v) is 13.9. The van der Waals surface area contributed by atoms with E-state index in [9.17, 15) is 0 Å². The van der Waals surface area contributed by atoms with Gasteiger partial charge in [0.25, 0.3) is 0 Å². The first-order chi connectivity index (χ1) is 12.4. The number of hydrogen-bond donors (Lipinski definition) is 0. The van der Waals surface area contributed by atoms with Crippen molar-refractivity contribution in [1.82, 2.24) is 0 Å². The average molecular weight is 430 g/mol. The van der Waals surface area contributed by atoms with E-state index in [0.717, 1.165) is 12.8 Å². The SMILES string of the molecule is CC1=[C-]CC=C1.[C-]1=CC=CC1.[CH-]1CCCCC1.[CH-]1CCCCC1.[Si]=[Zr]. The Morgan fingerprint density at radius 3 is 1.52 bits per heavy atom. The first-order valence-electron chi connectivity index (χ1n) is 9.73. The molecule has 0 aromatic heterocycles. The Balaban J connectivity index is 0.000000298. The fraction of sp³-hybridized carbons (Fsp3) is 0.565. The first kappa shape index (κ1) is 25.1. The summed E-state index contributed by atoms with van der Waals surface area (Å²) in [5, 5.41) is 0. The Kier molecular flexibility index (Phi) is 22.2. The van der Waals surface area contributed by atoms with Crippen LogP contribution in [0.4, 0.5) is 0 Å². The van der Waals surface area contributed by atoms with Crippen molar-refractivity contribution in [3.8, 4) is 0 Å². The molecule has 0 N–H and O–H groups in total. The Morgan fingerprint density at radius 2 is 1.40 bits per heavy atom. The third-order valence-corrected chi connectivity index (χ3v) is 4.09. The predicted octanol–water partition coefficient (Wildman–Crippen LogP) is 6.93. The average Bonchev–Trinajstić information content (AvgIpc) is 3.44. The van der Waals surface area contributed by atoms with Gasteiger partial charge in [-0.05, 0) is 0 Å². The summed E-state index contributed by atoms with van der Waals surface area (Å²) in [7, 11) is 0. The summed E-state index contributed by atoms with van der Waals surface area (Å²) in [4.78, 5) is 0. The van der Waals surface area contributed by atoms with Gasteiger partial charge in [-0.1, -0.05) is 45.4 Å². The molecule has 0 saturated heterocycles. The molecule has 2 heteroatoms. The van der Waals surface area contributed by atoms with E-state index in [-0.39, 0.29) is 0 Å². The molecule has 25 heavy (non-hydrogen) atoms. The van der Waals surface area contributed by atoms with Crippen molar-refractivity contribution in [2.24, 2.45) is 0 Å². The molecule has 2 radical (unpaired) electrons. The van der Waals surface area contributed by atoms with Crippen LogP contribution in [-0.2, 0) is 23.3 Å². The van der Waals surface area contributed by atoms with Crippen molar-refractivity contribution >= 4 is 6.88 Å². The van der Waals surface area contributed by atoms with Crippen molar-refractivity contribution < 1.29 is 23.3 Å². The fourth-order valence-corrected chi connectivity index (χ4v) is 2.65. The van der Waals surface area contributed by atoms with Crippen molar-refractivity contribution in [2.75, 3.05) is 0 Å². The quantitative estimate of drug-likeness (QED) is 0.289. The Bertz CT molecular complexity index is 337. The molecule has 0 nitrogen and oxygen atoms in total. The van der Waals surface area contributed by atoms with Gasteiger partial charge in [-0.3, -0.25) is 12.2 Å². The third-order valence-electron chi connectivity index (χ3n) is 4.09. The van der Waals surface area contributed by atoms with Crippen LogP contribution in [0.2, 0.25) is 0 Å². The maximum atomic E-state index is 3.12. The zero-order valence-corrected chi connectivity index (χ0v) is 19.5. The van der Waals surface area contributed by atoms with Gasteiger partial charge >= 0.3 is 30.2 Å². The Labute approximate surface area is 174 Å². The second kappa shape index (κ2) is 22.1. The van der Waals surface area contributed by atoms with Crippen LogP contribution >= 0.6 is 0 Å². The molecular weight excluding hydrogens is 396 g/mol. The molecule has 0 amide bonds. The molecule has 2 fully saturated rings. The van der Waals surface area contributed by atoms with Crippen LogP contribution in [0.1, 0.15) is 84.0 Å². The molecule has 4 aliphatic rings. The zero-order chi connectivity index (χ0) is 18.4. The summed E-state index contributed by atoms with van der Waals surface area (Å²) in [5.41, 5.74) is 1.27. The number of allylic oxidation sites excluding steroid dienone is 8. The van der Waals surface area contributed by atoms with Crippen LogP contribution in [0, 0.1) is 25.0 Å². The Hall–Kier alpha value is 0.0600. The van der Waals surface area contributed by atoms with Crippen molar-refractivity contribution in [2.45, 2.75) is 84.0 Å². The predicted molar refractivity (Wildman–Crippen MR) is 108 cm³/mol. The van der Waals surface area contributed by atoms with Gasteiger partial charge in [-0.15, -0.1) is 12.8 Å². The zero-order valence-electron chi connectivity index (χ0n) is 16.0. The molecular formula is C23H34SiZr-4. The maximum absolute atomic E-state index is 3.12. The minimum absolute atomic E-state index is 1.01. The van der Waals surface area contributed by atoms with Crippen molar-refractivity contribution in [3.05, 3.63) is 60.9 Å². The number of rotatable bonds is 0. The monoisotopic (exact) mass is 428 g/mol. The molecule has 2 saturated carbocycles. The molecule has 4 aliphatic carbocycles. The van der Waals surface area contributed by atoms with Crippen molar-refractivity contribution in [3.63, 3.8) is 0 Å². The van der Waals surface area contributed by atoms with Gasteiger partial charge in [0.15, 0.2) is 0 Å². The molecule has 138 valence electrons. The number of hydrogen-bond acceptors (Lipinski definition) is 0. The van der Waals surface area contributed by atoms with E-state index in [1.54, 1.807) is 0 Å². The van der Waals surface area contributed by atoms with Gasteiger partial charge in [-0.25, -0.2) is 23.8 Å². The Morgan fingerprint density at radius 1 is 0.840 bits per heavy atom. The second-order valence-corrected chi connectivity index (χ2v) is 6.32. The van der Waals surface area contributed by atoms with Crippen LogP contribution in [0.15, 0.2) is 36.0 Å². The van der Waals surface area contributed by atoms with E-state index in [4.69, 9.17) is 0 Å². The van der Waals surface area contributed by atoms with Crippen molar-refractivity contribution in [1.29, 1.82) is 0 Å². The summed E-state index contributed by atoms with van der Waals surface area (Å²) < 4.78 is 0. The van der Waals surface area contributed by atoms with Crippen LogP contribution in [0.25, 0.3) is 0 Å². The molecule has 0 spiro atoms. The summed E-state index contributed by atoms with van der Waals surface area (Å²) in [5.74, 6) is 0. The fourth-order valence-electron chi connectivity index (χ4n) is 2.65. The molecule has 0 heterocycles.